The van der Waals surface area contributed by atoms with Gasteiger partial charge in [0.1, 0.15) is 17.5 Å². The minimum Gasteiger partial charge on any atom is -0.368 e. The van der Waals surface area contributed by atoms with Crippen LogP contribution in [-0.2, 0) is 0 Å². The first-order valence-corrected chi connectivity index (χ1v) is 7.07. The Morgan fingerprint density at radius 3 is 2.53 bits per heavy atom. The van der Waals surface area contributed by atoms with E-state index in [1.165, 1.54) is 25.7 Å². The highest BCUT2D eigenvalue weighted by atomic mass is 15.1. The molecule has 1 aliphatic rings. The Morgan fingerprint density at radius 1 is 1.26 bits per heavy atom. The fourth-order valence-corrected chi connectivity index (χ4v) is 2.33. The Morgan fingerprint density at radius 2 is 1.89 bits per heavy atom. The summed E-state index contributed by atoms with van der Waals surface area (Å²) in [5.41, 5.74) is 5.72. The molecule has 1 fully saturated rings. The van der Waals surface area contributed by atoms with Crippen LogP contribution < -0.4 is 16.4 Å². The molecule has 0 spiro atoms. The maximum Gasteiger partial charge on any atom is 0.132 e. The number of nitrogens with two attached hydrogens (primary N) is 1. The molecule has 2 rings (SSSR count). The number of nitrogens with zero attached hydrogens (tertiary/aromatic N) is 2. The summed E-state index contributed by atoms with van der Waals surface area (Å²) in [6, 6.07) is 2.53. The molecule has 5 nitrogen and oxygen atoms in total. The Hall–Kier alpha value is -1.36. The molecule has 1 saturated carbocycles. The molecule has 0 aliphatic heterocycles. The molecule has 0 unspecified atom stereocenters. The smallest absolute Gasteiger partial charge is 0.132 e. The lowest BCUT2D eigenvalue weighted by Gasteiger charge is -2.20. The highest BCUT2D eigenvalue weighted by Crippen LogP contribution is 2.22. The van der Waals surface area contributed by atoms with Gasteiger partial charge in [0.05, 0.1) is 0 Å². The molecule has 106 valence electrons. The van der Waals surface area contributed by atoms with Gasteiger partial charge in [-0.05, 0) is 33.6 Å². The van der Waals surface area contributed by atoms with Crippen molar-refractivity contribution in [1.82, 2.24) is 9.97 Å². The van der Waals surface area contributed by atoms with Crippen molar-refractivity contribution in [2.24, 2.45) is 5.73 Å². The van der Waals surface area contributed by atoms with Gasteiger partial charge in [-0.25, -0.2) is 9.97 Å². The van der Waals surface area contributed by atoms with Gasteiger partial charge in [0, 0.05) is 24.2 Å². The van der Waals surface area contributed by atoms with E-state index >= 15 is 0 Å². The average molecular weight is 263 g/mol. The summed E-state index contributed by atoms with van der Waals surface area (Å²) in [6.07, 6.45) is 5.10. The zero-order chi connectivity index (χ0) is 13.9. The first kappa shape index (κ1) is 14.1. The van der Waals surface area contributed by atoms with Crippen molar-refractivity contribution in [3.8, 4) is 0 Å². The molecule has 0 aromatic carbocycles. The molecule has 0 bridgehead atoms. The second-order valence-electron chi connectivity index (χ2n) is 6.15. The summed E-state index contributed by atoms with van der Waals surface area (Å²) >= 11 is 0. The lowest BCUT2D eigenvalue weighted by molar-refractivity contribution is 0.548. The number of anilines is 2. The van der Waals surface area contributed by atoms with Crippen LogP contribution in [0.25, 0.3) is 0 Å². The van der Waals surface area contributed by atoms with Crippen molar-refractivity contribution in [1.29, 1.82) is 0 Å². The van der Waals surface area contributed by atoms with Crippen molar-refractivity contribution in [3.63, 3.8) is 0 Å². The quantitative estimate of drug-likeness (QED) is 0.760. The van der Waals surface area contributed by atoms with Gasteiger partial charge in [0.15, 0.2) is 0 Å². The van der Waals surface area contributed by atoms with Gasteiger partial charge < -0.3 is 16.4 Å². The number of aromatic nitrogens is 2. The van der Waals surface area contributed by atoms with Crippen LogP contribution in [0.15, 0.2) is 6.07 Å². The summed E-state index contributed by atoms with van der Waals surface area (Å²) in [7, 11) is 0. The highest BCUT2D eigenvalue weighted by Gasteiger charge is 2.16. The van der Waals surface area contributed by atoms with Gasteiger partial charge in [0.25, 0.3) is 0 Å². The predicted octanol–water partition coefficient (Wildman–Crippen LogP) is 2.29. The van der Waals surface area contributed by atoms with Crippen LogP contribution in [0.5, 0.6) is 0 Å². The number of hydrogen-bond donors (Lipinski definition) is 3. The largest absolute Gasteiger partial charge is 0.368 e. The number of aryl methyl sites for hydroxylation is 1. The van der Waals surface area contributed by atoms with Gasteiger partial charge >= 0.3 is 0 Å². The lowest BCUT2D eigenvalue weighted by atomic mass is 10.1. The van der Waals surface area contributed by atoms with Gasteiger partial charge in [0.2, 0.25) is 0 Å². The first-order chi connectivity index (χ1) is 8.92. The molecular formula is C14H25N5. The van der Waals surface area contributed by atoms with Crippen LogP contribution in [0, 0.1) is 6.92 Å². The van der Waals surface area contributed by atoms with Gasteiger partial charge in [-0.1, -0.05) is 12.8 Å². The summed E-state index contributed by atoms with van der Waals surface area (Å²) < 4.78 is 0. The van der Waals surface area contributed by atoms with Crippen molar-refractivity contribution in [3.05, 3.63) is 11.9 Å². The average Bonchev–Trinajstić information content (AvgIpc) is 2.77. The minimum absolute atomic E-state index is 0.252. The molecule has 0 radical (unpaired) electrons. The van der Waals surface area contributed by atoms with Crippen molar-refractivity contribution in [2.45, 2.75) is 58.0 Å². The van der Waals surface area contributed by atoms with Crippen LogP contribution in [0.2, 0.25) is 0 Å². The topological polar surface area (TPSA) is 75.9 Å². The van der Waals surface area contributed by atoms with E-state index in [1.54, 1.807) is 0 Å². The van der Waals surface area contributed by atoms with Crippen LogP contribution in [-0.4, -0.2) is 28.1 Å². The molecule has 0 saturated heterocycles. The van der Waals surface area contributed by atoms with E-state index in [2.05, 4.69) is 20.6 Å². The molecule has 1 aromatic rings. The normalized spacial score (nSPS) is 16.6. The zero-order valence-corrected chi connectivity index (χ0v) is 12.2. The lowest BCUT2D eigenvalue weighted by Crippen LogP contribution is -2.39. The Labute approximate surface area is 115 Å². The molecule has 19 heavy (non-hydrogen) atoms. The fraction of sp³-hybridized carbons (Fsp3) is 0.714. The Bertz CT molecular complexity index is 418. The van der Waals surface area contributed by atoms with Crippen LogP contribution in [0.4, 0.5) is 11.6 Å². The molecule has 1 aliphatic carbocycles. The first-order valence-electron chi connectivity index (χ1n) is 7.07. The summed E-state index contributed by atoms with van der Waals surface area (Å²) in [5, 5.41) is 6.77. The predicted molar refractivity (Wildman–Crippen MR) is 79.4 cm³/mol. The van der Waals surface area contributed by atoms with E-state index < -0.39 is 0 Å². The third-order valence-corrected chi connectivity index (χ3v) is 3.27. The molecule has 1 heterocycles. The van der Waals surface area contributed by atoms with Crippen LogP contribution in [0.1, 0.15) is 45.4 Å². The van der Waals surface area contributed by atoms with Crippen LogP contribution in [0.3, 0.4) is 0 Å². The van der Waals surface area contributed by atoms with Gasteiger partial charge in [-0.3, -0.25) is 0 Å². The number of nitrogens with one attached hydrogen (secondary N) is 2. The van der Waals surface area contributed by atoms with E-state index in [0.717, 1.165) is 17.5 Å². The second kappa shape index (κ2) is 5.74. The van der Waals surface area contributed by atoms with Gasteiger partial charge in [-0.15, -0.1) is 0 Å². The van der Waals surface area contributed by atoms with E-state index in [9.17, 15) is 0 Å². The number of rotatable bonds is 5. The van der Waals surface area contributed by atoms with Gasteiger partial charge in [-0.2, -0.15) is 0 Å². The fourth-order valence-electron chi connectivity index (χ4n) is 2.33. The standard InChI is InChI=1S/C14H25N5/c1-10-17-12(16-9-14(2,3)15)8-13(18-10)19-11-6-4-5-7-11/h8,11H,4-7,9,15H2,1-3H3,(H2,16,17,18,19). The maximum absolute atomic E-state index is 5.97. The minimum atomic E-state index is -0.252. The molecule has 4 N–H and O–H groups in total. The molecule has 5 heteroatoms. The Kier molecular flexibility index (Phi) is 4.24. The SMILES string of the molecule is Cc1nc(NCC(C)(C)N)cc(NC2CCCC2)n1. The van der Waals surface area contributed by atoms with Crippen molar-refractivity contribution < 1.29 is 0 Å². The van der Waals surface area contributed by atoms with Crippen molar-refractivity contribution >= 4 is 11.6 Å². The van der Waals surface area contributed by atoms with E-state index in [4.69, 9.17) is 5.73 Å². The Balaban J connectivity index is 2.01. The third kappa shape index (κ3) is 4.67. The summed E-state index contributed by atoms with van der Waals surface area (Å²) in [4.78, 5) is 8.84. The molecule has 0 amide bonds. The molecular weight excluding hydrogens is 238 g/mol. The zero-order valence-electron chi connectivity index (χ0n) is 12.2. The van der Waals surface area contributed by atoms with Crippen molar-refractivity contribution in [2.75, 3.05) is 17.2 Å². The highest BCUT2D eigenvalue weighted by molar-refractivity contribution is 5.48. The molecule has 0 atom stereocenters. The molecule has 1 aromatic heterocycles. The summed E-state index contributed by atoms with van der Waals surface area (Å²) in [5.74, 6) is 2.53. The maximum atomic E-state index is 5.97. The second-order valence-corrected chi connectivity index (χ2v) is 6.15. The van der Waals surface area contributed by atoms with E-state index in [0.29, 0.717) is 12.6 Å². The monoisotopic (exact) mass is 263 g/mol. The number of hydrogen-bond acceptors (Lipinski definition) is 5. The van der Waals surface area contributed by atoms with E-state index in [1.807, 2.05) is 26.8 Å². The summed E-state index contributed by atoms with van der Waals surface area (Å²) in [6.45, 7) is 6.59. The third-order valence-electron chi connectivity index (χ3n) is 3.27. The van der Waals surface area contributed by atoms with Crippen LogP contribution >= 0.6 is 0 Å². The van der Waals surface area contributed by atoms with E-state index in [-0.39, 0.29) is 5.54 Å².